The first-order valence-corrected chi connectivity index (χ1v) is 9.33. The number of nitrogens with one attached hydrogen (secondary N) is 1. The third-order valence-electron chi connectivity index (χ3n) is 5.50. The summed E-state index contributed by atoms with van der Waals surface area (Å²) in [6, 6.07) is 4.32. The van der Waals surface area contributed by atoms with E-state index in [0.29, 0.717) is 18.4 Å². The van der Waals surface area contributed by atoms with Crippen LogP contribution in [0.4, 0.5) is 4.39 Å². The van der Waals surface area contributed by atoms with Crippen LogP contribution >= 0.6 is 11.6 Å². The maximum Gasteiger partial charge on any atom is 0.245 e. The highest BCUT2D eigenvalue weighted by Crippen LogP contribution is 2.34. The molecule has 2 fully saturated rings. The van der Waals surface area contributed by atoms with E-state index in [0.717, 1.165) is 25.7 Å². The molecule has 3 rings (SSSR count). The number of carbonyl (C=O) groups is 2. The SMILES string of the molecule is CC1(C(=O)NC2CCCCC2)CCC(=O)N1Cc1ccc(F)cc1Cl. The number of hydrogen-bond donors (Lipinski definition) is 1. The van der Waals surface area contributed by atoms with E-state index in [2.05, 4.69) is 5.32 Å². The average Bonchev–Trinajstić information content (AvgIpc) is 2.87. The molecule has 4 nitrogen and oxygen atoms in total. The van der Waals surface area contributed by atoms with Gasteiger partial charge in [0.25, 0.3) is 0 Å². The van der Waals surface area contributed by atoms with Crippen molar-refractivity contribution in [2.45, 2.75) is 70.0 Å². The monoisotopic (exact) mass is 366 g/mol. The molecule has 2 aliphatic rings. The van der Waals surface area contributed by atoms with Crippen molar-refractivity contribution in [2.75, 3.05) is 0 Å². The number of nitrogens with zero attached hydrogens (tertiary/aromatic N) is 1. The van der Waals surface area contributed by atoms with E-state index in [1.165, 1.54) is 18.6 Å². The van der Waals surface area contributed by atoms with Gasteiger partial charge in [-0.25, -0.2) is 4.39 Å². The third-order valence-corrected chi connectivity index (χ3v) is 5.85. The van der Waals surface area contributed by atoms with Crippen LogP contribution in [-0.2, 0) is 16.1 Å². The number of halogens is 2. The normalized spacial score (nSPS) is 24.6. The zero-order valence-electron chi connectivity index (χ0n) is 14.5. The van der Waals surface area contributed by atoms with Crippen LogP contribution in [0.25, 0.3) is 0 Å². The van der Waals surface area contributed by atoms with E-state index in [1.54, 1.807) is 11.0 Å². The van der Waals surface area contributed by atoms with Gasteiger partial charge >= 0.3 is 0 Å². The molecule has 1 saturated heterocycles. The summed E-state index contributed by atoms with van der Waals surface area (Å²) in [7, 11) is 0. The molecule has 2 amide bonds. The van der Waals surface area contributed by atoms with E-state index < -0.39 is 11.4 Å². The quantitative estimate of drug-likeness (QED) is 0.880. The molecule has 0 bridgehead atoms. The molecule has 0 aromatic heterocycles. The minimum absolute atomic E-state index is 0.0679. The van der Waals surface area contributed by atoms with Crippen molar-refractivity contribution in [2.24, 2.45) is 0 Å². The van der Waals surface area contributed by atoms with Gasteiger partial charge in [-0.15, -0.1) is 0 Å². The molecule has 1 aromatic carbocycles. The minimum Gasteiger partial charge on any atom is -0.351 e. The molecule has 0 radical (unpaired) electrons. The van der Waals surface area contributed by atoms with Gasteiger partial charge in [0.15, 0.2) is 0 Å². The van der Waals surface area contributed by atoms with Crippen molar-refractivity contribution < 1.29 is 14.0 Å². The number of carbonyl (C=O) groups excluding carboxylic acids is 2. The summed E-state index contributed by atoms with van der Waals surface area (Å²) in [5, 5.41) is 3.41. The summed E-state index contributed by atoms with van der Waals surface area (Å²) in [4.78, 5) is 26.9. The van der Waals surface area contributed by atoms with Gasteiger partial charge in [-0.2, -0.15) is 0 Å². The van der Waals surface area contributed by atoms with Gasteiger partial charge in [0.2, 0.25) is 11.8 Å². The Morgan fingerprint density at radius 1 is 1.36 bits per heavy atom. The maximum atomic E-state index is 13.2. The second kappa shape index (κ2) is 7.32. The lowest BCUT2D eigenvalue weighted by atomic mass is 9.92. The largest absolute Gasteiger partial charge is 0.351 e. The van der Waals surface area contributed by atoms with Crippen LogP contribution in [0.1, 0.15) is 57.4 Å². The molecule has 136 valence electrons. The predicted octanol–water partition coefficient (Wildman–Crippen LogP) is 3.81. The molecule has 1 unspecified atom stereocenters. The Labute approximate surface area is 152 Å². The first kappa shape index (κ1) is 18.2. The Morgan fingerprint density at radius 3 is 2.76 bits per heavy atom. The van der Waals surface area contributed by atoms with Crippen LogP contribution in [0.15, 0.2) is 18.2 Å². The van der Waals surface area contributed by atoms with Gasteiger partial charge in [0, 0.05) is 24.0 Å². The number of amides is 2. The topological polar surface area (TPSA) is 49.4 Å². The molecule has 1 aliphatic carbocycles. The van der Waals surface area contributed by atoms with Crippen LogP contribution in [0.5, 0.6) is 0 Å². The number of likely N-dealkylation sites (tertiary alicyclic amines) is 1. The predicted molar refractivity (Wildman–Crippen MR) is 94.6 cm³/mol. The van der Waals surface area contributed by atoms with Crippen LogP contribution in [-0.4, -0.2) is 28.3 Å². The summed E-state index contributed by atoms with van der Waals surface area (Å²) in [5.41, 5.74) is -0.235. The molecule has 1 saturated carbocycles. The fourth-order valence-corrected chi connectivity index (χ4v) is 4.03. The van der Waals surface area contributed by atoms with Gasteiger partial charge in [-0.1, -0.05) is 36.9 Å². The second-order valence-corrected chi connectivity index (χ2v) is 7.71. The molecule has 25 heavy (non-hydrogen) atoms. The molecular formula is C19H24ClFN2O2. The molecule has 6 heteroatoms. The third kappa shape index (κ3) is 3.81. The second-order valence-electron chi connectivity index (χ2n) is 7.30. The molecule has 0 spiro atoms. The van der Waals surface area contributed by atoms with E-state index in [9.17, 15) is 14.0 Å². The van der Waals surface area contributed by atoms with Crippen molar-refractivity contribution in [3.05, 3.63) is 34.6 Å². The van der Waals surface area contributed by atoms with E-state index >= 15 is 0 Å². The van der Waals surface area contributed by atoms with Crippen LogP contribution < -0.4 is 5.32 Å². The fourth-order valence-electron chi connectivity index (χ4n) is 3.80. The number of hydrogen-bond acceptors (Lipinski definition) is 2. The highest BCUT2D eigenvalue weighted by molar-refractivity contribution is 6.31. The zero-order chi connectivity index (χ0) is 18.0. The lowest BCUT2D eigenvalue weighted by Gasteiger charge is -2.36. The van der Waals surface area contributed by atoms with E-state index in [4.69, 9.17) is 11.6 Å². The average molecular weight is 367 g/mol. The van der Waals surface area contributed by atoms with Gasteiger partial charge < -0.3 is 10.2 Å². The standard InChI is InChI=1S/C19H24ClFN2O2/c1-19(18(25)22-15-5-3-2-4-6-15)10-9-17(24)23(19)12-13-7-8-14(21)11-16(13)20/h7-8,11,15H,2-6,9-10,12H2,1H3,(H,22,25). The van der Waals surface area contributed by atoms with Crippen molar-refractivity contribution >= 4 is 23.4 Å². The van der Waals surface area contributed by atoms with Gasteiger partial charge in [-0.05, 0) is 43.9 Å². The number of rotatable bonds is 4. The van der Waals surface area contributed by atoms with E-state index in [-0.39, 0.29) is 29.4 Å². The van der Waals surface area contributed by atoms with E-state index in [1.807, 2.05) is 6.92 Å². The number of benzene rings is 1. The van der Waals surface area contributed by atoms with Crippen molar-refractivity contribution in [3.63, 3.8) is 0 Å². The Balaban J connectivity index is 1.76. The summed E-state index contributed by atoms with van der Waals surface area (Å²) < 4.78 is 13.2. The highest BCUT2D eigenvalue weighted by Gasteiger charge is 2.47. The minimum atomic E-state index is -0.883. The summed E-state index contributed by atoms with van der Waals surface area (Å²) in [6.07, 6.45) is 6.32. The fraction of sp³-hybridized carbons (Fsp3) is 0.579. The maximum absolute atomic E-state index is 13.2. The van der Waals surface area contributed by atoms with Crippen LogP contribution in [0.3, 0.4) is 0 Å². The molecule has 1 aromatic rings. The van der Waals surface area contributed by atoms with Crippen molar-refractivity contribution in [3.8, 4) is 0 Å². The summed E-state index contributed by atoms with van der Waals surface area (Å²) in [6.45, 7) is 2.03. The van der Waals surface area contributed by atoms with Crippen LogP contribution in [0.2, 0.25) is 5.02 Å². The molecule has 1 N–H and O–H groups in total. The smallest absolute Gasteiger partial charge is 0.245 e. The Kier molecular flexibility index (Phi) is 5.32. The molecule has 1 heterocycles. The summed E-state index contributed by atoms with van der Waals surface area (Å²) in [5.74, 6) is -0.579. The Bertz CT molecular complexity index is 675. The molecule has 1 aliphatic heterocycles. The van der Waals surface area contributed by atoms with Gasteiger partial charge in [0.05, 0.1) is 0 Å². The van der Waals surface area contributed by atoms with Crippen molar-refractivity contribution in [1.82, 2.24) is 10.2 Å². The first-order chi connectivity index (χ1) is 11.9. The lowest BCUT2D eigenvalue weighted by Crippen LogP contribution is -2.56. The van der Waals surface area contributed by atoms with Gasteiger partial charge in [0.1, 0.15) is 11.4 Å². The first-order valence-electron chi connectivity index (χ1n) is 8.95. The van der Waals surface area contributed by atoms with Crippen LogP contribution in [0, 0.1) is 5.82 Å². The summed E-state index contributed by atoms with van der Waals surface area (Å²) >= 11 is 6.11. The molecule has 1 atom stereocenters. The van der Waals surface area contributed by atoms with Gasteiger partial charge in [-0.3, -0.25) is 9.59 Å². The molecular weight excluding hydrogens is 343 g/mol. The zero-order valence-corrected chi connectivity index (χ0v) is 15.2. The highest BCUT2D eigenvalue weighted by atomic mass is 35.5. The Morgan fingerprint density at radius 2 is 2.08 bits per heavy atom. The Hall–Kier alpha value is -1.62. The lowest BCUT2D eigenvalue weighted by molar-refractivity contribution is -0.141. The van der Waals surface area contributed by atoms with Crippen molar-refractivity contribution in [1.29, 1.82) is 0 Å².